The minimum atomic E-state index is -0.383. The minimum absolute atomic E-state index is 0. The summed E-state index contributed by atoms with van der Waals surface area (Å²) in [4.78, 5) is 11.4. The van der Waals surface area contributed by atoms with E-state index >= 15 is 0 Å². The van der Waals surface area contributed by atoms with Crippen LogP contribution >= 0.6 is 12.4 Å². The normalized spacial score (nSPS) is 11.4. The Hall–Kier alpha value is -0.580. The van der Waals surface area contributed by atoms with Crippen LogP contribution in [0.2, 0.25) is 0 Å². The molecule has 0 bridgehead atoms. The Morgan fingerprint density at radius 3 is 2.75 bits per heavy atom. The van der Waals surface area contributed by atoms with Gasteiger partial charge in [0.05, 0.1) is 6.61 Å². The van der Waals surface area contributed by atoms with Gasteiger partial charge < -0.3 is 15.4 Å². The molecule has 0 aliphatic rings. The lowest BCUT2D eigenvalue weighted by Crippen LogP contribution is -2.38. The average molecular weight is 251 g/mol. The number of carbonyl (C=O) groups excluding carboxylic acids is 1. The molecule has 1 atom stereocenters. The Balaban J connectivity index is 0. The molecule has 0 fully saturated rings. The fourth-order valence-corrected chi connectivity index (χ4v) is 0.998. The zero-order valence-corrected chi connectivity index (χ0v) is 10.9. The third-order valence-corrected chi connectivity index (χ3v) is 1.91. The molecule has 0 aromatic heterocycles. The SMILES string of the molecule is C=CCCOC(C)C(=O)NCCNCC.Cl. The fourth-order valence-electron chi connectivity index (χ4n) is 0.998. The van der Waals surface area contributed by atoms with Crippen LogP contribution in [0.15, 0.2) is 12.7 Å². The van der Waals surface area contributed by atoms with Gasteiger partial charge in [0.25, 0.3) is 0 Å². The van der Waals surface area contributed by atoms with Gasteiger partial charge in [-0.1, -0.05) is 13.0 Å². The molecule has 1 amide bonds. The van der Waals surface area contributed by atoms with Gasteiger partial charge in [0.15, 0.2) is 0 Å². The molecule has 0 radical (unpaired) electrons. The number of likely N-dealkylation sites (N-methyl/N-ethyl adjacent to an activating group) is 1. The summed E-state index contributed by atoms with van der Waals surface area (Å²) in [6.45, 7) is 10.3. The monoisotopic (exact) mass is 250 g/mol. The first-order valence-corrected chi connectivity index (χ1v) is 5.43. The van der Waals surface area contributed by atoms with E-state index in [1.807, 2.05) is 6.92 Å². The highest BCUT2D eigenvalue weighted by atomic mass is 35.5. The zero-order valence-electron chi connectivity index (χ0n) is 10.1. The van der Waals surface area contributed by atoms with Crippen molar-refractivity contribution in [2.75, 3.05) is 26.2 Å². The molecule has 0 heterocycles. The van der Waals surface area contributed by atoms with Gasteiger partial charge in [-0.3, -0.25) is 4.79 Å². The van der Waals surface area contributed by atoms with Gasteiger partial charge in [-0.05, 0) is 19.9 Å². The quantitative estimate of drug-likeness (QED) is 0.476. The molecule has 0 rings (SSSR count). The van der Waals surface area contributed by atoms with E-state index in [9.17, 15) is 4.79 Å². The van der Waals surface area contributed by atoms with E-state index in [-0.39, 0.29) is 24.4 Å². The van der Waals surface area contributed by atoms with Crippen molar-refractivity contribution in [3.8, 4) is 0 Å². The number of carbonyl (C=O) groups is 1. The van der Waals surface area contributed by atoms with E-state index < -0.39 is 0 Å². The lowest BCUT2D eigenvalue weighted by molar-refractivity contribution is -0.131. The van der Waals surface area contributed by atoms with Gasteiger partial charge in [-0.25, -0.2) is 0 Å². The lowest BCUT2D eigenvalue weighted by Gasteiger charge is -2.12. The van der Waals surface area contributed by atoms with E-state index in [0.29, 0.717) is 13.2 Å². The molecule has 0 aromatic carbocycles. The van der Waals surface area contributed by atoms with Crippen LogP contribution in [0, 0.1) is 0 Å². The van der Waals surface area contributed by atoms with Gasteiger partial charge in [-0.15, -0.1) is 19.0 Å². The van der Waals surface area contributed by atoms with Crippen molar-refractivity contribution in [3.05, 3.63) is 12.7 Å². The summed E-state index contributed by atoms with van der Waals surface area (Å²) in [5, 5.41) is 5.92. The Kier molecular flexibility index (Phi) is 13.9. The number of hydrogen-bond donors (Lipinski definition) is 2. The standard InChI is InChI=1S/C11H22N2O2.ClH/c1-4-6-9-15-10(3)11(14)13-8-7-12-5-2;/h4,10,12H,1,5-9H2,2-3H3,(H,13,14);1H. The van der Waals surface area contributed by atoms with Gasteiger partial charge in [0.1, 0.15) is 6.10 Å². The summed E-state index contributed by atoms with van der Waals surface area (Å²) >= 11 is 0. The van der Waals surface area contributed by atoms with Crippen molar-refractivity contribution in [1.82, 2.24) is 10.6 Å². The Bertz CT molecular complexity index is 189. The maximum absolute atomic E-state index is 11.4. The molecule has 0 aromatic rings. The molecule has 0 saturated heterocycles. The number of hydrogen-bond acceptors (Lipinski definition) is 3. The van der Waals surface area contributed by atoms with Crippen LogP contribution in [-0.2, 0) is 9.53 Å². The number of nitrogens with one attached hydrogen (secondary N) is 2. The van der Waals surface area contributed by atoms with Crippen molar-refractivity contribution >= 4 is 18.3 Å². The molecule has 5 heteroatoms. The van der Waals surface area contributed by atoms with E-state index in [4.69, 9.17) is 4.74 Å². The van der Waals surface area contributed by atoms with Crippen molar-refractivity contribution in [3.63, 3.8) is 0 Å². The largest absolute Gasteiger partial charge is 0.368 e. The summed E-state index contributed by atoms with van der Waals surface area (Å²) in [6, 6.07) is 0. The molecule has 0 aliphatic carbocycles. The Labute approximate surface area is 104 Å². The topological polar surface area (TPSA) is 50.4 Å². The van der Waals surface area contributed by atoms with Gasteiger partial charge in [0.2, 0.25) is 5.91 Å². The predicted molar refractivity (Wildman–Crippen MR) is 69.0 cm³/mol. The summed E-state index contributed by atoms with van der Waals surface area (Å²) in [6.07, 6.45) is 2.16. The number of amides is 1. The van der Waals surface area contributed by atoms with Crippen LogP contribution < -0.4 is 10.6 Å². The molecule has 0 aliphatic heterocycles. The molecule has 96 valence electrons. The molecular weight excluding hydrogens is 228 g/mol. The zero-order chi connectivity index (χ0) is 11.5. The third-order valence-electron chi connectivity index (χ3n) is 1.91. The second-order valence-electron chi connectivity index (χ2n) is 3.23. The number of ether oxygens (including phenoxy) is 1. The maximum atomic E-state index is 11.4. The first kappa shape index (κ1) is 17.8. The smallest absolute Gasteiger partial charge is 0.248 e. The molecule has 0 spiro atoms. The van der Waals surface area contributed by atoms with Gasteiger partial charge >= 0.3 is 0 Å². The Morgan fingerprint density at radius 1 is 1.50 bits per heavy atom. The van der Waals surface area contributed by atoms with E-state index in [0.717, 1.165) is 19.5 Å². The first-order valence-electron chi connectivity index (χ1n) is 5.43. The Morgan fingerprint density at radius 2 is 2.19 bits per heavy atom. The van der Waals surface area contributed by atoms with Crippen molar-refractivity contribution in [1.29, 1.82) is 0 Å². The second-order valence-corrected chi connectivity index (χ2v) is 3.23. The van der Waals surface area contributed by atoms with Crippen LogP contribution in [0.1, 0.15) is 20.3 Å². The van der Waals surface area contributed by atoms with E-state index in [1.165, 1.54) is 0 Å². The van der Waals surface area contributed by atoms with Gasteiger partial charge in [0, 0.05) is 13.1 Å². The average Bonchev–Trinajstić information content (AvgIpc) is 2.24. The fraction of sp³-hybridized carbons (Fsp3) is 0.727. The minimum Gasteiger partial charge on any atom is -0.368 e. The summed E-state index contributed by atoms with van der Waals surface area (Å²) in [5.41, 5.74) is 0. The number of halogens is 1. The number of rotatable bonds is 9. The molecule has 0 saturated carbocycles. The van der Waals surface area contributed by atoms with Crippen molar-refractivity contribution in [2.45, 2.75) is 26.4 Å². The van der Waals surface area contributed by atoms with Crippen LogP contribution in [0.4, 0.5) is 0 Å². The van der Waals surface area contributed by atoms with Crippen molar-refractivity contribution in [2.24, 2.45) is 0 Å². The summed E-state index contributed by atoms with van der Waals surface area (Å²) < 4.78 is 5.30. The first-order chi connectivity index (χ1) is 7.22. The lowest BCUT2D eigenvalue weighted by atomic mass is 10.3. The van der Waals surface area contributed by atoms with Crippen LogP contribution in [0.5, 0.6) is 0 Å². The summed E-state index contributed by atoms with van der Waals surface area (Å²) in [5.74, 6) is -0.0584. The third kappa shape index (κ3) is 9.96. The molecule has 4 nitrogen and oxygen atoms in total. The van der Waals surface area contributed by atoms with Crippen molar-refractivity contribution < 1.29 is 9.53 Å². The molecule has 2 N–H and O–H groups in total. The highest BCUT2D eigenvalue weighted by molar-refractivity contribution is 5.85. The second kappa shape index (κ2) is 12.5. The van der Waals surface area contributed by atoms with Crippen LogP contribution in [0.3, 0.4) is 0 Å². The highest BCUT2D eigenvalue weighted by Crippen LogP contribution is 1.92. The maximum Gasteiger partial charge on any atom is 0.248 e. The molecule has 1 unspecified atom stereocenters. The van der Waals surface area contributed by atoms with E-state index in [1.54, 1.807) is 13.0 Å². The highest BCUT2D eigenvalue weighted by Gasteiger charge is 2.11. The van der Waals surface area contributed by atoms with Crippen LogP contribution in [0.25, 0.3) is 0 Å². The van der Waals surface area contributed by atoms with E-state index in [2.05, 4.69) is 17.2 Å². The molecule has 16 heavy (non-hydrogen) atoms. The van der Waals surface area contributed by atoms with Gasteiger partial charge in [-0.2, -0.15) is 0 Å². The molecular formula is C11H23ClN2O2. The summed E-state index contributed by atoms with van der Waals surface area (Å²) in [7, 11) is 0. The predicted octanol–water partition coefficient (Wildman–Crippen LogP) is 1.12. The van der Waals surface area contributed by atoms with Crippen LogP contribution in [-0.4, -0.2) is 38.3 Å².